The molecule has 0 atom stereocenters. The van der Waals surface area contributed by atoms with E-state index in [0.29, 0.717) is 0 Å². The van der Waals surface area contributed by atoms with Gasteiger partial charge in [-0.3, -0.25) is 4.99 Å². The van der Waals surface area contributed by atoms with Crippen molar-refractivity contribution in [3.05, 3.63) is 73.0 Å². The van der Waals surface area contributed by atoms with E-state index in [1.807, 2.05) is 57.2 Å². The van der Waals surface area contributed by atoms with Crippen molar-refractivity contribution >= 4 is 5.71 Å². The largest absolute Gasteiger partial charge is 0.253 e. The van der Waals surface area contributed by atoms with Crippen LogP contribution in [0.1, 0.15) is 20.8 Å². The van der Waals surface area contributed by atoms with Crippen LogP contribution in [0.3, 0.4) is 0 Å². The summed E-state index contributed by atoms with van der Waals surface area (Å²) in [5.41, 5.74) is 2.92. The van der Waals surface area contributed by atoms with Gasteiger partial charge >= 0.3 is 0 Å². The van der Waals surface area contributed by atoms with Crippen LogP contribution < -0.4 is 0 Å². The van der Waals surface area contributed by atoms with E-state index in [9.17, 15) is 0 Å². The van der Waals surface area contributed by atoms with Gasteiger partial charge in [-0.2, -0.15) is 0 Å². The summed E-state index contributed by atoms with van der Waals surface area (Å²) in [6, 6.07) is 0. The highest BCUT2D eigenvalue weighted by Crippen LogP contribution is 2.07. The second-order valence-corrected chi connectivity index (χ2v) is 3.38. The van der Waals surface area contributed by atoms with E-state index in [1.54, 1.807) is 12.2 Å². The molecule has 0 aliphatic carbocycles. The molecule has 0 fully saturated rings. The van der Waals surface area contributed by atoms with E-state index in [0.717, 1.165) is 17.0 Å². The van der Waals surface area contributed by atoms with Crippen LogP contribution in [0.15, 0.2) is 78.0 Å². The average Bonchev–Trinajstić information content (AvgIpc) is 2.33. The fourth-order valence-corrected chi connectivity index (χ4v) is 1.14. The SMILES string of the molecule is C=C\C=C/C(=C\C=C)C(/C=C\C)=N\C(C)=C/C. The van der Waals surface area contributed by atoms with E-state index in [-0.39, 0.29) is 0 Å². The highest BCUT2D eigenvalue weighted by Gasteiger charge is 1.99. The zero-order chi connectivity index (χ0) is 13.1. The Hall–Kier alpha value is -1.89. The molecule has 0 bridgehead atoms. The summed E-state index contributed by atoms with van der Waals surface area (Å²) in [5.74, 6) is 0. The zero-order valence-corrected chi connectivity index (χ0v) is 11.0. The maximum Gasteiger partial charge on any atom is 0.0701 e. The quantitative estimate of drug-likeness (QED) is 0.457. The lowest BCUT2D eigenvalue weighted by molar-refractivity contribution is 1.28. The normalized spacial score (nSPS) is 14.6. The molecule has 0 aliphatic rings. The summed E-state index contributed by atoms with van der Waals surface area (Å²) in [5, 5.41) is 0. The van der Waals surface area contributed by atoms with Gasteiger partial charge in [-0.15, -0.1) is 0 Å². The van der Waals surface area contributed by atoms with E-state index in [1.165, 1.54) is 0 Å². The smallest absolute Gasteiger partial charge is 0.0701 e. The molecule has 0 rings (SSSR count). The van der Waals surface area contributed by atoms with Crippen LogP contribution in [-0.4, -0.2) is 5.71 Å². The fraction of sp³-hybridized carbons (Fsp3) is 0.188. The predicted octanol–water partition coefficient (Wildman–Crippen LogP) is 4.78. The summed E-state index contributed by atoms with van der Waals surface area (Å²) in [7, 11) is 0. The summed E-state index contributed by atoms with van der Waals surface area (Å²) in [6.45, 7) is 13.3. The van der Waals surface area contributed by atoms with E-state index in [2.05, 4.69) is 18.2 Å². The molecular formula is C16H21N. The van der Waals surface area contributed by atoms with E-state index >= 15 is 0 Å². The van der Waals surface area contributed by atoms with Crippen LogP contribution in [0.2, 0.25) is 0 Å². The summed E-state index contributed by atoms with van der Waals surface area (Å²) < 4.78 is 0. The lowest BCUT2D eigenvalue weighted by atomic mass is 10.1. The molecule has 0 unspecified atom stereocenters. The lowest BCUT2D eigenvalue weighted by Crippen LogP contribution is -1.97. The zero-order valence-electron chi connectivity index (χ0n) is 11.0. The number of aliphatic imine (C=N–C) groups is 1. The van der Waals surface area contributed by atoms with Gasteiger partial charge in [-0.05, 0) is 26.8 Å². The first-order valence-corrected chi connectivity index (χ1v) is 5.66. The number of allylic oxidation sites excluding steroid dienone is 10. The van der Waals surface area contributed by atoms with Gasteiger partial charge in [0.2, 0.25) is 0 Å². The van der Waals surface area contributed by atoms with Gasteiger partial charge in [0.05, 0.1) is 5.71 Å². The van der Waals surface area contributed by atoms with Crippen LogP contribution in [0, 0.1) is 0 Å². The number of nitrogens with zero attached hydrogens (tertiary/aromatic N) is 1. The molecule has 90 valence electrons. The third-order valence-electron chi connectivity index (χ3n) is 2.04. The third kappa shape index (κ3) is 6.31. The number of hydrogen-bond donors (Lipinski definition) is 0. The highest BCUT2D eigenvalue weighted by atomic mass is 14.7. The molecular weight excluding hydrogens is 206 g/mol. The van der Waals surface area contributed by atoms with Gasteiger partial charge in [0.1, 0.15) is 0 Å². The van der Waals surface area contributed by atoms with Crippen LogP contribution in [0.5, 0.6) is 0 Å². The molecule has 0 saturated carbocycles. The maximum absolute atomic E-state index is 4.55. The second kappa shape index (κ2) is 9.34. The molecule has 0 aromatic heterocycles. The predicted molar refractivity (Wildman–Crippen MR) is 79.3 cm³/mol. The van der Waals surface area contributed by atoms with Gasteiger partial charge in [0.25, 0.3) is 0 Å². The van der Waals surface area contributed by atoms with E-state index in [4.69, 9.17) is 0 Å². The summed E-state index contributed by atoms with van der Waals surface area (Å²) >= 11 is 0. The van der Waals surface area contributed by atoms with Crippen molar-refractivity contribution < 1.29 is 0 Å². The Kier molecular flexibility index (Phi) is 8.31. The van der Waals surface area contributed by atoms with Crippen LogP contribution in [0.4, 0.5) is 0 Å². The lowest BCUT2D eigenvalue weighted by Gasteiger charge is -2.02. The van der Waals surface area contributed by atoms with Crippen LogP contribution in [-0.2, 0) is 0 Å². The van der Waals surface area contributed by atoms with Gasteiger partial charge in [0.15, 0.2) is 0 Å². The minimum absolute atomic E-state index is 0.918. The Bertz CT molecular complexity index is 401. The first-order chi connectivity index (χ1) is 8.19. The molecule has 1 nitrogen and oxygen atoms in total. The Balaban J connectivity index is 5.47. The molecule has 0 N–H and O–H groups in total. The molecule has 0 aromatic rings. The second-order valence-electron chi connectivity index (χ2n) is 3.38. The first-order valence-electron chi connectivity index (χ1n) is 5.66. The van der Waals surface area contributed by atoms with Crippen molar-refractivity contribution in [1.82, 2.24) is 0 Å². The molecule has 0 heterocycles. The number of hydrogen-bond acceptors (Lipinski definition) is 1. The van der Waals surface area contributed by atoms with Gasteiger partial charge < -0.3 is 0 Å². The van der Waals surface area contributed by atoms with Gasteiger partial charge in [-0.25, -0.2) is 0 Å². The average molecular weight is 227 g/mol. The first kappa shape index (κ1) is 15.1. The van der Waals surface area contributed by atoms with Crippen LogP contribution >= 0.6 is 0 Å². The minimum atomic E-state index is 0.918. The monoisotopic (exact) mass is 227 g/mol. The molecule has 17 heavy (non-hydrogen) atoms. The topological polar surface area (TPSA) is 12.4 Å². The van der Waals surface area contributed by atoms with Crippen molar-refractivity contribution in [3.8, 4) is 0 Å². The van der Waals surface area contributed by atoms with Crippen molar-refractivity contribution in [2.24, 2.45) is 4.99 Å². The van der Waals surface area contributed by atoms with Crippen LogP contribution in [0.25, 0.3) is 0 Å². The van der Waals surface area contributed by atoms with E-state index < -0.39 is 0 Å². The molecule has 0 aliphatic heterocycles. The molecule has 0 radical (unpaired) electrons. The highest BCUT2D eigenvalue weighted by molar-refractivity contribution is 6.10. The fourth-order valence-electron chi connectivity index (χ4n) is 1.14. The molecule has 0 aromatic carbocycles. The van der Waals surface area contributed by atoms with Gasteiger partial charge in [0, 0.05) is 11.3 Å². The third-order valence-corrected chi connectivity index (χ3v) is 2.04. The molecule has 1 heteroatoms. The standard InChI is InChI=1S/C16H21N/c1-6-10-13-15(11-7-2)16(12-8-3)17-14(5)9-4/h6-13H,1-2H2,3-5H3/b12-8-,13-10-,14-9-,15-11+,17-16-. The summed E-state index contributed by atoms with van der Waals surface area (Å²) in [6.07, 6.45) is 15.2. The van der Waals surface area contributed by atoms with Crippen molar-refractivity contribution in [2.45, 2.75) is 20.8 Å². The Labute approximate surface area is 105 Å². The Morgan fingerprint density at radius 1 is 1.06 bits per heavy atom. The Morgan fingerprint density at radius 3 is 2.24 bits per heavy atom. The minimum Gasteiger partial charge on any atom is -0.253 e. The van der Waals surface area contributed by atoms with Crippen molar-refractivity contribution in [2.75, 3.05) is 0 Å². The Morgan fingerprint density at radius 2 is 1.76 bits per heavy atom. The van der Waals surface area contributed by atoms with Gasteiger partial charge in [-0.1, -0.05) is 55.7 Å². The molecule has 0 spiro atoms. The molecule has 0 saturated heterocycles. The molecule has 0 amide bonds. The van der Waals surface area contributed by atoms with Crippen molar-refractivity contribution in [1.29, 1.82) is 0 Å². The maximum atomic E-state index is 4.55. The van der Waals surface area contributed by atoms with Crippen molar-refractivity contribution in [3.63, 3.8) is 0 Å². The number of rotatable bonds is 6. The summed E-state index contributed by atoms with van der Waals surface area (Å²) in [4.78, 5) is 4.55.